The van der Waals surface area contributed by atoms with Crippen LogP contribution in [0.2, 0.25) is 0 Å². The zero-order valence-corrected chi connectivity index (χ0v) is 57.7. The molecule has 1 aliphatic rings. The first kappa shape index (κ1) is 67.5. The topological polar surface area (TPSA) is 6.48 Å². The highest BCUT2D eigenvalue weighted by Gasteiger charge is 2.41. The first-order valence-corrected chi connectivity index (χ1v) is 36.1. The molecule has 0 aromatic heterocycles. The second-order valence-corrected chi connectivity index (χ2v) is 26.9. The van der Waals surface area contributed by atoms with Gasteiger partial charge in [0.2, 0.25) is 0 Å². The van der Waals surface area contributed by atoms with Crippen LogP contribution in [0.4, 0.5) is 34.1 Å². The maximum Gasteiger partial charge on any atom is 0.0464 e. The van der Waals surface area contributed by atoms with E-state index < -0.39 is 0 Å². The van der Waals surface area contributed by atoms with Gasteiger partial charge in [-0.25, -0.2) is 0 Å². The summed E-state index contributed by atoms with van der Waals surface area (Å²) in [5, 5.41) is 0. The number of para-hydroxylation sites is 2. The number of allylic oxidation sites excluding steroid dienone is 1. The van der Waals surface area contributed by atoms with E-state index in [1.54, 1.807) is 38.9 Å². The van der Waals surface area contributed by atoms with Gasteiger partial charge < -0.3 is 9.80 Å². The predicted octanol–water partition coefficient (Wildman–Crippen LogP) is 26.9. The molecule has 0 aliphatic heterocycles. The SMILES string of the molecule is C=CC(C)c1cc(N(c2ccccc2)c2ccc(-c3ccc(N(c4ccccc4)c4ccc(C(CC)(CC)c5c(CCCCCCCC)cccc5[C@@H](C)CC)c([C@H](C)CCC)c4)cc3)cc2)ccc1C(CC)(CC)c1c(CCCCCCCC)ccc2c1C2. The molecule has 0 spiro atoms. The fourth-order valence-corrected chi connectivity index (χ4v) is 15.7. The van der Waals surface area contributed by atoms with Crippen molar-refractivity contribution < 1.29 is 0 Å². The summed E-state index contributed by atoms with van der Waals surface area (Å²) in [4.78, 5) is 4.94. The van der Waals surface area contributed by atoms with Crippen molar-refractivity contribution in [3.8, 4) is 11.1 Å². The quantitative estimate of drug-likeness (QED) is 0.0285. The van der Waals surface area contributed by atoms with Gasteiger partial charge in [0.25, 0.3) is 0 Å². The molecule has 1 aliphatic carbocycles. The van der Waals surface area contributed by atoms with Gasteiger partial charge >= 0.3 is 0 Å². The lowest BCUT2D eigenvalue weighted by Gasteiger charge is -2.41. The normalized spacial score (nSPS) is 13.2. The van der Waals surface area contributed by atoms with Crippen molar-refractivity contribution >= 4 is 34.1 Å². The van der Waals surface area contributed by atoms with Crippen molar-refractivity contribution in [3.05, 3.63) is 250 Å². The van der Waals surface area contributed by atoms with Crippen LogP contribution < -0.4 is 9.80 Å². The Kier molecular flexibility index (Phi) is 24.3. The molecule has 3 atom stereocenters. The Morgan fingerprint density at radius 3 is 1.32 bits per heavy atom. The Bertz CT molecular complexity index is 3500. The molecule has 8 aromatic carbocycles. The standard InChI is InChI=1S/C88H112N2/c1-13-22-24-26-28-32-40-70-42-38-47-79(65(10)16-4)85(70)87(18-6,19-7)84-61-59-78(64-81(84)67(12)39-15-3)90(74-45-36-31-37-46-74)76-56-52-69(53-57-76)68-50-54-75(55-51-68)89(73-43-34-30-35-44-73)77-58-60-83(80(63-77)66(11)17-5)88(20-8,21-9)86-71(48-49-72-62-82(72)86)41-33-29-27-25-23-14-2/h17,30-31,34-38,42-61,63-67H,5,13-16,18-29,32-33,39-41,62H2,1-4,6-12H3/t65-,66?,67+/m0/s1. The molecule has 2 heteroatoms. The number of benzene rings is 8. The van der Waals surface area contributed by atoms with E-state index in [2.05, 4.69) is 275 Å². The first-order chi connectivity index (χ1) is 44.0. The molecule has 0 fully saturated rings. The van der Waals surface area contributed by atoms with Crippen LogP contribution in [0.25, 0.3) is 11.1 Å². The summed E-state index contributed by atoms with van der Waals surface area (Å²) in [6, 6.07) is 67.9. The van der Waals surface area contributed by atoms with Crippen molar-refractivity contribution in [1.82, 2.24) is 0 Å². The fourth-order valence-electron chi connectivity index (χ4n) is 15.7. The van der Waals surface area contributed by atoms with Gasteiger partial charge in [-0.05, 0) is 234 Å². The van der Waals surface area contributed by atoms with Gasteiger partial charge in [-0.1, -0.05) is 256 Å². The van der Waals surface area contributed by atoms with Crippen molar-refractivity contribution in [2.75, 3.05) is 9.80 Å². The van der Waals surface area contributed by atoms with Crippen LogP contribution in [-0.4, -0.2) is 0 Å². The van der Waals surface area contributed by atoms with Gasteiger partial charge in [0.05, 0.1) is 0 Å². The highest BCUT2D eigenvalue weighted by Crippen LogP contribution is 2.53. The van der Waals surface area contributed by atoms with E-state index in [1.807, 2.05) is 0 Å². The van der Waals surface area contributed by atoms with Crippen LogP contribution in [-0.2, 0) is 30.1 Å². The second-order valence-electron chi connectivity index (χ2n) is 26.9. The van der Waals surface area contributed by atoms with Crippen molar-refractivity contribution in [3.63, 3.8) is 0 Å². The molecule has 0 saturated heterocycles. The van der Waals surface area contributed by atoms with Crippen LogP contribution in [0, 0.1) is 0 Å². The summed E-state index contributed by atoms with van der Waals surface area (Å²) in [7, 11) is 0. The number of rotatable bonds is 36. The van der Waals surface area contributed by atoms with Crippen LogP contribution in [0.3, 0.4) is 0 Å². The number of aryl methyl sites for hydroxylation is 2. The minimum Gasteiger partial charge on any atom is -0.310 e. The monoisotopic (exact) mass is 1200 g/mol. The maximum absolute atomic E-state index is 4.43. The summed E-state index contributed by atoms with van der Waals surface area (Å²) in [6.07, 6.45) is 29.1. The van der Waals surface area contributed by atoms with E-state index in [-0.39, 0.29) is 16.7 Å². The largest absolute Gasteiger partial charge is 0.310 e. The van der Waals surface area contributed by atoms with E-state index in [4.69, 9.17) is 0 Å². The zero-order valence-electron chi connectivity index (χ0n) is 57.7. The third-order valence-corrected chi connectivity index (χ3v) is 21.4. The van der Waals surface area contributed by atoms with Crippen LogP contribution in [0.15, 0.2) is 189 Å². The minimum absolute atomic E-state index is 0.0775. The Morgan fingerprint density at radius 2 is 0.844 bits per heavy atom. The fraction of sp³-hybridized carbons (Fsp3) is 0.432. The molecule has 0 amide bonds. The van der Waals surface area contributed by atoms with Crippen LogP contribution in [0.5, 0.6) is 0 Å². The molecule has 9 rings (SSSR count). The van der Waals surface area contributed by atoms with E-state index >= 15 is 0 Å². The number of hydrogen-bond donors (Lipinski definition) is 0. The van der Waals surface area contributed by atoms with Gasteiger partial charge in [0, 0.05) is 45.0 Å². The van der Waals surface area contributed by atoms with Gasteiger partial charge in [-0.15, -0.1) is 6.58 Å². The molecular weight excluding hydrogens is 1080 g/mol. The number of fused-ring (bicyclic) bond motifs is 1. The molecule has 90 heavy (non-hydrogen) atoms. The lowest BCUT2D eigenvalue weighted by Crippen LogP contribution is -2.31. The van der Waals surface area contributed by atoms with Gasteiger partial charge in [-0.2, -0.15) is 0 Å². The molecule has 0 bridgehead atoms. The Balaban J connectivity index is 1.06. The number of anilines is 6. The highest BCUT2D eigenvalue weighted by atomic mass is 15.1. The summed E-state index contributed by atoms with van der Waals surface area (Å²) < 4.78 is 0. The van der Waals surface area contributed by atoms with Crippen molar-refractivity contribution in [2.45, 2.75) is 246 Å². The third kappa shape index (κ3) is 14.9. The van der Waals surface area contributed by atoms with Crippen molar-refractivity contribution in [1.29, 1.82) is 0 Å². The molecule has 0 N–H and O–H groups in total. The Hall–Kier alpha value is -6.90. The van der Waals surface area contributed by atoms with E-state index in [9.17, 15) is 0 Å². The maximum atomic E-state index is 4.43. The van der Waals surface area contributed by atoms with E-state index in [0.717, 1.165) is 87.0 Å². The Morgan fingerprint density at radius 1 is 0.400 bits per heavy atom. The summed E-state index contributed by atoms with van der Waals surface area (Å²) >= 11 is 0. The predicted molar refractivity (Wildman–Crippen MR) is 394 cm³/mol. The summed E-state index contributed by atoms with van der Waals surface area (Å²) in [5.41, 5.74) is 26.2. The average Bonchev–Trinajstić information content (AvgIpc) is 1.46. The molecular formula is C88H112N2. The molecule has 474 valence electrons. The van der Waals surface area contributed by atoms with Crippen molar-refractivity contribution in [2.24, 2.45) is 0 Å². The van der Waals surface area contributed by atoms with Gasteiger partial charge in [0.15, 0.2) is 0 Å². The number of hydrogen-bond acceptors (Lipinski definition) is 2. The first-order valence-electron chi connectivity index (χ1n) is 36.1. The van der Waals surface area contributed by atoms with E-state index in [1.165, 1.54) is 122 Å². The highest BCUT2D eigenvalue weighted by molar-refractivity contribution is 5.82. The number of unbranched alkanes of at least 4 members (excludes halogenated alkanes) is 10. The molecule has 0 radical (unpaired) electrons. The summed E-state index contributed by atoms with van der Waals surface area (Å²) in [6.45, 7) is 30.9. The van der Waals surface area contributed by atoms with Crippen LogP contribution in [0.1, 0.15) is 277 Å². The minimum atomic E-state index is -0.102. The average molecular weight is 1200 g/mol. The van der Waals surface area contributed by atoms with Gasteiger partial charge in [0.1, 0.15) is 0 Å². The zero-order chi connectivity index (χ0) is 63.6. The van der Waals surface area contributed by atoms with Crippen LogP contribution >= 0.6 is 0 Å². The Labute approximate surface area is 547 Å². The number of nitrogens with zero attached hydrogens (tertiary/aromatic N) is 2. The summed E-state index contributed by atoms with van der Waals surface area (Å²) in [5.74, 6) is 1.07. The molecule has 8 aromatic rings. The molecule has 0 saturated carbocycles. The molecule has 1 unspecified atom stereocenters. The smallest absolute Gasteiger partial charge is 0.0464 e. The third-order valence-electron chi connectivity index (χ3n) is 21.4. The molecule has 2 nitrogen and oxygen atoms in total. The molecule has 0 heterocycles. The lowest BCUT2D eigenvalue weighted by molar-refractivity contribution is 0.455. The van der Waals surface area contributed by atoms with Gasteiger partial charge in [-0.3, -0.25) is 0 Å². The second kappa shape index (κ2) is 32.4. The van der Waals surface area contributed by atoms with E-state index in [0.29, 0.717) is 11.8 Å². The lowest BCUT2D eigenvalue weighted by atomic mass is 9.63.